The van der Waals surface area contributed by atoms with Gasteiger partial charge in [0.25, 0.3) is 0 Å². The molecule has 0 aliphatic heterocycles. The Kier molecular flexibility index (Phi) is 3.97. The van der Waals surface area contributed by atoms with Gasteiger partial charge in [-0.25, -0.2) is 4.79 Å². The Balaban J connectivity index is 1.43. The van der Waals surface area contributed by atoms with E-state index in [1.165, 1.54) is 51.7 Å². The first-order valence-corrected chi connectivity index (χ1v) is 9.17. The number of esters is 1. The van der Waals surface area contributed by atoms with E-state index in [4.69, 9.17) is 0 Å². The first-order valence-electron chi connectivity index (χ1n) is 9.17. The van der Waals surface area contributed by atoms with E-state index in [1.807, 2.05) is 0 Å². The molecule has 4 aliphatic rings. The van der Waals surface area contributed by atoms with E-state index in [0.29, 0.717) is 12.1 Å². The SMILES string of the molecule is COC(=O)c1ccc(NC(=O)CC23CC4CC(CC(C4)C2)C3)c(O)c1. The van der Waals surface area contributed by atoms with E-state index < -0.39 is 5.97 Å². The highest BCUT2D eigenvalue weighted by Crippen LogP contribution is 2.61. The minimum atomic E-state index is -0.512. The minimum absolute atomic E-state index is 0.0388. The van der Waals surface area contributed by atoms with Gasteiger partial charge in [0.2, 0.25) is 5.91 Å². The molecular weight excluding hydrogens is 318 g/mol. The zero-order valence-electron chi connectivity index (χ0n) is 14.6. The van der Waals surface area contributed by atoms with Crippen LogP contribution in [0.2, 0.25) is 0 Å². The Hall–Kier alpha value is -2.04. The third kappa shape index (κ3) is 3.12. The first-order chi connectivity index (χ1) is 12.0. The molecule has 0 aromatic heterocycles. The highest BCUT2D eigenvalue weighted by Gasteiger charge is 2.51. The lowest BCUT2D eigenvalue weighted by Gasteiger charge is -2.56. The summed E-state index contributed by atoms with van der Waals surface area (Å²) in [6, 6.07) is 4.43. The van der Waals surface area contributed by atoms with Crippen molar-refractivity contribution in [1.29, 1.82) is 0 Å². The molecule has 0 unspecified atom stereocenters. The normalized spacial score (nSPS) is 32.4. The molecule has 0 radical (unpaired) electrons. The highest BCUT2D eigenvalue weighted by molar-refractivity contribution is 5.95. The number of rotatable bonds is 4. The third-order valence-corrected chi connectivity index (χ3v) is 6.39. The molecule has 1 aromatic carbocycles. The van der Waals surface area contributed by atoms with Crippen molar-refractivity contribution in [3.63, 3.8) is 0 Å². The Bertz CT molecular complexity index is 676. The van der Waals surface area contributed by atoms with Crippen LogP contribution in [0.15, 0.2) is 18.2 Å². The summed E-state index contributed by atoms with van der Waals surface area (Å²) in [5.74, 6) is 1.77. The molecule has 1 amide bonds. The van der Waals surface area contributed by atoms with Crippen molar-refractivity contribution in [2.75, 3.05) is 12.4 Å². The monoisotopic (exact) mass is 343 g/mol. The smallest absolute Gasteiger partial charge is 0.337 e. The third-order valence-electron chi connectivity index (χ3n) is 6.39. The highest BCUT2D eigenvalue weighted by atomic mass is 16.5. The number of hydrogen-bond donors (Lipinski definition) is 2. The maximum absolute atomic E-state index is 12.6. The second kappa shape index (κ2) is 6.04. The van der Waals surface area contributed by atoms with Crippen molar-refractivity contribution >= 4 is 17.6 Å². The summed E-state index contributed by atoms with van der Waals surface area (Å²) in [6.45, 7) is 0. The number of ether oxygens (including phenoxy) is 1. The van der Waals surface area contributed by atoms with Gasteiger partial charge in [0.1, 0.15) is 5.75 Å². The van der Waals surface area contributed by atoms with Crippen LogP contribution in [-0.2, 0) is 9.53 Å². The van der Waals surface area contributed by atoms with Crippen molar-refractivity contribution in [1.82, 2.24) is 0 Å². The van der Waals surface area contributed by atoms with Gasteiger partial charge in [-0.15, -0.1) is 0 Å². The molecule has 5 nitrogen and oxygen atoms in total. The molecular formula is C20H25NO4. The van der Waals surface area contributed by atoms with Gasteiger partial charge in [0, 0.05) is 6.42 Å². The average molecular weight is 343 g/mol. The summed E-state index contributed by atoms with van der Waals surface area (Å²) in [6.07, 6.45) is 8.15. The van der Waals surface area contributed by atoms with E-state index in [-0.39, 0.29) is 22.6 Å². The fraction of sp³-hybridized carbons (Fsp3) is 0.600. The molecule has 25 heavy (non-hydrogen) atoms. The lowest BCUT2D eigenvalue weighted by molar-refractivity contribution is -0.124. The Labute approximate surface area is 147 Å². The van der Waals surface area contributed by atoms with Crippen LogP contribution in [0.25, 0.3) is 0 Å². The van der Waals surface area contributed by atoms with E-state index in [2.05, 4.69) is 10.1 Å². The quantitative estimate of drug-likeness (QED) is 0.645. The molecule has 0 heterocycles. The van der Waals surface area contributed by atoms with Crippen LogP contribution in [0.4, 0.5) is 5.69 Å². The summed E-state index contributed by atoms with van der Waals surface area (Å²) in [5, 5.41) is 12.9. The predicted octanol–water partition coefficient (Wildman–Crippen LogP) is 3.72. The number of phenols is 1. The second-order valence-corrected chi connectivity index (χ2v) is 8.37. The van der Waals surface area contributed by atoms with Crippen molar-refractivity contribution in [2.45, 2.75) is 44.9 Å². The summed E-state index contributed by atoms with van der Waals surface area (Å²) >= 11 is 0. The van der Waals surface area contributed by atoms with Crippen LogP contribution in [0.3, 0.4) is 0 Å². The van der Waals surface area contributed by atoms with Crippen molar-refractivity contribution in [2.24, 2.45) is 23.2 Å². The van der Waals surface area contributed by atoms with Crippen molar-refractivity contribution < 1.29 is 19.4 Å². The number of phenolic OH excluding ortho intramolecular Hbond substituents is 1. The van der Waals surface area contributed by atoms with Gasteiger partial charge in [-0.2, -0.15) is 0 Å². The average Bonchev–Trinajstić information content (AvgIpc) is 2.54. The predicted molar refractivity (Wildman–Crippen MR) is 93.3 cm³/mol. The Morgan fingerprint density at radius 3 is 2.28 bits per heavy atom. The lowest BCUT2D eigenvalue weighted by Crippen LogP contribution is -2.47. The van der Waals surface area contributed by atoms with E-state index >= 15 is 0 Å². The molecule has 4 bridgehead atoms. The van der Waals surface area contributed by atoms with Gasteiger partial charge in [-0.1, -0.05) is 0 Å². The minimum Gasteiger partial charge on any atom is -0.506 e. The van der Waals surface area contributed by atoms with Crippen LogP contribution in [0.5, 0.6) is 5.75 Å². The number of aromatic hydroxyl groups is 1. The number of nitrogens with one attached hydrogen (secondary N) is 1. The molecule has 4 fully saturated rings. The number of carbonyl (C=O) groups is 2. The molecule has 0 atom stereocenters. The maximum atomic E-state index is 12.6. The fourth-order valence-corrected chi connectivity index (χ4v) is 5.92. The maximum Gasteiger partial charge on any atom is 0.337 e. The topological polar surface area (TPSA) is 75.6 Å². The molecule has 5 rings (SSSR count). The van der Waals surface area contributed by atoms with E-state index in [9.17, 15) is 14.7 Å². The Morgan fingerprint density at radius 2 is 1.76 bits per heavy atom. The van der Waals surface area contributed by atoms with Gasteiger partial charge in [0.05, 0.1) is 18.4 Å². The molecule has 4 saturated carbocycles. The first kappa shape index (κ1) is 16.4. The zero-order valence-corrected chi connectivity index (χ0v) is 14.6. The van der Waals surface area contributed by atoms with Gasteiger partial charge in [0.15, 0.2) is 0 Å². The number of anilines is 1. The van der Waals surface area contributed by atoms with E-state index in [1.54, 1.807) is 12.1 Å². The van der Waals surface area contributed by atoms with Crippen molar-refractivity contribution in [3.05, 3.63) is 23.8 Å². The number of benzene rings is 1. The van der Waals surface area contributed by atoms with Crippen LogP contribution in [-0.4, -0.2) is 24.1 Å². The zero-order chi connectivity index (χ0) is 17.6. The molecule has 5 heteroatoms. The van der Waals surface area contributed by atoms with Gasteiger partial charge in [-0.05, 0) is 79.9 Å². The number of amides is 1. The molecule has 0 saturated heterocycles. The largest absolute Gasteiger partial charge is 0.506 e. The number of hydrogen-bond acceptors (Lipinski definition) is 4. The Morgan fingerprint density at radius 1 is 1.16 bits per heavy atom. The van der Waals surface area contributed by atoms with Gasteiger partial charge in [-0.3, -0.25) is 4.79 Å². The molecule has 0 spiro atoms. The summed E-state index contributed by atoms with van der Waals surface area (Å²) in [7, 11) is 1.29. The van der Waals surface area contributed by atoms with Gasteiger partial charge < -0.3 is 15.2 Å². The van der Waals surface area contributed by atoms with Crippen LogP contribution >= 0.6 is 0 Å². The number of methoxy groups -OCH3 is 1. The second-order valence-electron chi connectivity index (χ2n) is 8.37. The van der Waals surface area contributed by atoms with Gasteiger partial charge >= 0.3 is 5.97 Å². The summed E-state index contributed by atoms with van der Waals surface area (Å²) < 4.78 is 4.63. The number of carbonyl (C=O) groups excluding carboxylic acids is 2. The van der Waals surface area contributed by atoms with Crippen LogP contribution < -0.4 is 5.32 Å². The molecule has 134 valence electrons. The van der Waals surface area contributed by atoms with E-state index in [0.717, 1.165) is 17.8 Å². The molecule has 2 N–H and O–H groups in total. The standard InChI is InChI=1S/C20H25NO4/c1-25-19(24)15-2-3-16(17(22)7-15)21-18(23)11-20-8-12-4-13(9-20)6-14(5-12)10-20/h2-3,7,12-14,22H,4-6,8-11H2,1H3,(H,21,23). The molecule has 1 aromatic rings. The molecule has 4 aliphatic carbocycles. The summed E-state index contributed by atoms with van der Waals surface area (Å²) in [5.41, 5.74) is 0.780. The van der Waals surface area contributed by atoms with Crippen LogP contribution in [0, 0.1) is 23.2 Å². The lowest BCUT2D eigenvalue weighted by atomic mass is 9.49. The summed E-state index contributed by atoms with van der Waals surface area (Å²) in [4.78, 5) is 24.1. The van der Waals surface area contributed by atoms with Crippen LogP contribution in [0.1, 0.15) is 55.3 Å². The fourth-order valence-electron chi connectivity index (χ4n) is 5.92. The van der Waals surface area contributed by atoms with Crippen molar-refractivity contribution in [3.8, 4) is 5.75 Å².